The Morgan fingerprint density at radius 1 is 0.905 bits per heavy atom. The second-order valence-electron chi connectivity index (χ2n) is 5.35. The molecule has 3 rings (SSSR count). The first-order chi connectivity index (χ1) is 10.3. The zero-order valence-corrected chi connectivity index (χ0v) is 12.1. The number of piperidine rings is 1. The quantitative estimate of drug-likeness (QED) is 0.858. The molecule has 21 heavy (non-hydrogen) atoms. The molecular weight excluding hydrogens is 260 g/mol. The average molecular weight is 280 g/mol. The molecule has 0 aliphatic carbocycles. The number of anilines is 1. The van der Waals surface area contributed by atoms with E-state index in [9.17, 15) is 5.11 Å². The number of benzene rings is 2. The van der Waals surface area contributed by atoms with E-state index in [0.717, 1.165) is 24.3 Å². The summed E-state index contributed by atoms with van der Waals surface area (Å²) in [5.74, 6) is 0.261. The summed E-state index contributed by atoms with van der Waals surface area (Å²) in [6, 6.07) is 15.5. The minimum absolute atomic E-state index is 0.261. The normalized spacial score (nSPS) is 15.5. The zero-order chi connectivity index (χ0) is 14.5. The number of phenols is 1. The molecule has 0 radical (unpaired) electrons. The van der Waals surface area contributed by atoms with Crippen LogP contribution in [0.15, 0.2) is 53.5 Å². The van der Waals surface area contributed by atoms with Crippen molar-refractivity contribution >= 4 is 17.6 Å². The molecular formula is C18H20N2O. The minimum Gasteiger partial charge on any atom is -0.507 e. The third kappa shape index (κ3) is 3.24. The molecule has 0 amide bonds. The summed E-state index contributed by atoms with van der Waals surface area (Å²) in [6.45, 7) is 2.20. The molecule has 2 aromatic rings. The molecule has 0 aromatic heterocycles. The van der Waals surface area contributed by atoms with Gasteiger partial charge in [-0.1, -0.05) is 24.3 Å². The van der Waals surface area contributed by atoms with Gasteiger partial charge < -0.3 is 10.0 Å². The Morgan fingerprint density at radius 2 is 1.62 bits per heavy atom. The smallest absolute Gasteiger partial charge is 0.124 e. The molecule has 1 N–H and O–H groups in total. The van der Waals surface area contributed by atoms with Crippen LogP contribution in [-0.2, 0) is 0 Å². The monoisotopic (exact) mass is 280 g/mol. The maximum Gasteiger partial charge on any atom is 0.124 e. The number of rotatable bonds is 3. The van der Waals surface area contributed by atoms with E-state index in [1.165, 1.54) is 24.9 Å². The minimum atomic E-state index is 0.261. The molecule has 3 nitrogen and oxygen atoms in total. The summed E-state index contributed by atoms with van der Waals surface area (Å²) in [7, 11) is 0. The lowest BCUT2D eigenvalue weighted by atomic mass is 10.1. The van der Waals surface area contributed by atoms with E-state index >= 15 is 0 Å². The molecule has 1 aliphatic heterocycles. The van der Waals surface area contributed by atoms with Crippen molar-refractivity contribution in [2.75, 3.05) is 18.0 Å². The number of hydrogen-bond acceptors (Lipinski definition) is 3. The second kappa shape index (κ2) is 6.44. The Balaban J connectivity index is 1.87. The van der Waals surface area contributed by atoms with Crippen LogP contribution in [0.1, 0.15) is 24.8 Å². The Hall–Kier alpha value is -2.29. The van der Waals surface area contributed by atoms with Crippen molar-refractivity contribution in [2.24, 2.45) is 4.99 Å². The molecule has 108 valence electrons. The van der Waals surface area contributed by atoms with Crippen molar-refractivity contribution in [1.29, 1.82) is 0 Å². The molecule has 1 fully saturated rings. The van der Waals surface area contributed by atoms with E-state index in [4.69, 9.17) is 0 Å². The van der Waals surface area contributed by atoms with Gasteiger partial charge in [0.15, 0.2) is 0 Å². The summed E-state index contributed by atoms with van der Waals surface area (Å²) in [4.78, 5) is 6.99. The first-order valence-electron chi connectivity index (χ1n) is 7.50. The molecule has 0 unspecified atom stereocenters. The van der Waals surface area contributed by atoms with Crippen LogP contribution in [0.4, 0.5) is 11.4 Å². The molecule has 0 bridgehead atoms. The van der Waals surface area contributed by atoms with Gasteiger partial charge in [-0.25, -0.2) is 0 Å². The lowest BCUT2D eigenvalue weighted by Gasteiger charge is -2.29. The topological polar surface area (TPSA) is 35.8 Å². The maximum absolute atomic E-state index is 9.80. The van der Waals surface area contributed by atoms with Gasteiger partial charge in [-0.3, -0.25) is 4.99 Å². The Morgan fingerprint density at radius 3 is 2.43 bits per heavy atom. The Kier molecular flexibility index (Phi) is 4.20. The average Bonchev–Trinajstić information content (AvgIpc) is 2.55. The van der Waals surface area contributed by atoms with Crippen LogP contribution < -0.4 is 4.90 Å². The van der Waals surface area contributed by atoms with Gasteiger partial charge in [0.25, 0.3) is 0 Å². The summed E-state index contributed by atoms with van der Waals surface area (Å²) in [5.41, 5.74) is 2.89. The fraction of sp³-hybridized carbons (Fsp3) is 0.278. The van der Waals surface area contributed by atoms with Crippen molar-refractivity contribution in [3.63, 3.8) is 0 Å². The SMILES string of the molecule is Oc1ccccc1C=Nc1ccccc1N1CCCCC1. The fourth-order valence-corrected chi connectivity index (χ4v) is 2.71. The number of nitrogens with zero attached hydrogens (tertiary/aromatic N) is 2. The van der Waals surface area contributed by atoms with Crippen LogP contribution in [0.25, 0.3) is 0 Å². The number of aliphatic imine (C=N–C) groups is 1. The first kappa shape index (κ1) is 13.7. The molecule has 0 saturated carbocycles. The molecule has 3 heteroatoms. The molecule has 0 spiro atoms. The van der Waals surface area contributed by atoms with Gasteiger partial charge in [-0.15, -0.1) is 0 Å². The summed E-state index contributed by atoms with van der Waals surface area (Å²) >= 11 is 0. The molecule has 1 saturated heterocycles. The number of aromatic hydroxyl groups is 1. The van der Waals surface area contributed by atoms with Gasteiger partial charge in [-0.2, -0.15) is 0 Å². The van der Waals surface area contributed by atoms with E-state index in [1.807, 2.05) is 30.3 Å². The van der Waals surface area contributed by atoms with E-state index in [2.05, 4.69) is 22.0 Å². The second-order valence-corrected chi connectivity index (χ2v) is 5.35. The van der Waals surface area contributed by atoms with Crippen LogP contribution in [0.5, 0.6) is 5.75 Å². The van der Waals surface area contributed by atoms with Crippen molar-refractivity contribution < 1.29 is 5.11 Å². The Labute approximate surface area is 125 Å². The van der Waals surface area contributed by atoms with Crippen LogP contribution in [0, 0.1) is 0 Å². The molecule has 0 atom stereocenters. The molecule has 1 heterocycles. The van der Waals surface area contributed by atoms with Crippen LogP contribution >= 0.6 is 0 Å². The van der Waals surface area contributed by atoms with Gasteiger partial charge in [-0.05, 0) is 43.5 Å². The lowest BCUT2D eigenvalue weighted by molar-refractivity contribution is 0.474. The predicted octanol–water partition coefficient (Wildman–Crippen LogP) is 4.13. The molecule has 2 aromatic carbocycles. The van der Waals surface area contributed by atoms with Crippen LogP contribution in [0.3, 0.4) is 0 Å². The number of para-hydroxylation sites is 3. The number of phenolic OH excluding ortho intramolecular Hbond substituents is 1. The van der Waals surface area contributed by atoms with E-state index in [-0.39, 0.29) is 5.75 Å². The third-order valence-corrected chi connectivity index (χ3v) is 3.86. The highest BCUT2D eigenvalue weighted by Gasteiger charge is 2.13. The van der Waals surface area contributed by atoms with Crippen molar-refractivity contribution in [3.05, 3.63) is 54.1 Å². The largest absolute Gasteiger partial charge is 0.507 e. The zero-order valence-electron chi connectivity index (χ0n) is 12.1. The summed E-state index contributed by atoms with van der Waals surface area (Å²) < 4.78 is 0. The van der Waals surface area contributed by atoms with Crippen molar-refractivity contribution in [3.8, 4) is 5.75 Å². The van der Waals surface area contributed by atoms with E-state index in [0.29, 0.717) is 0 Å². The number of hydrogen-bond donors (Lipinski definition) is 1. The highest BCUT2D eigenvalue weighted by Crippen LogP contribution is 2.30. The summed E-state index contributed by atoms with van der Waals surface area (Å²) in [6.07, 6.45) is 5.55. The van der Waals surface area contributed by atoms with Crippen LogP contribution in [-0.4, -0.2) is 24.4 Å². The van der Waals surface area contributed by atoms with E-state index < -0.39 is 0 Å². The molecule has 1 aliphatic rings. The van der Waals surface area contributed by atoms with Gasteiger partial charge in [0, 0.05) is 24.9 Å². The standard InChI is InChI=1S/C18H20N2O/c21-18-11-5-2-8-15(18)14-19-16-9-3-4-10-17(16)20-12-6-1-7-13-20/h2-5,8-11,14,21H,1,6-7,12-13H2. The van der Waals surface area contributed by atoms with Gasteiger partial charge in [0.2, 0.25) is 0 Å². The highest BCUT2D eigenvalue weighted by molar-refractivity contribution is 5.87. The maximum atomic E-state index is 9.80. The lowest BCUT2D eigenvalue weighted by Crippen LogP contribution is -2.29. The van der Waals surface area contributed by atoms with Crippen molar-refractivity contribution in [2.45, 2.75) is 19.3 Å². The summed E-state index contributed by atoms with van der Waals surface area (Å²) in [5, 5.41) is 9.80. The van der Waals surface area contributed by atoms with E-state index in [1.54, 1.807) is 12.3 Å². The van der Waals surface area contributed by atoms with Crippen LogP contribution in [0.2, 0.25) is 0 Å². The van der Waals surface area contributed by atoms with Gasteiger partial charge in [0.05, 0.1) is 11.4 Å². The third-order valence-electron chi connectivity index (χ3n) is 3.86. The van der Waals surface area contributed by atoms with Crippen molar-refractivity contribution in [1.82, 2.24) is 0 Å². The predicted molar refractivity (Wildman–Crippen MR) is 87.9 cm³/mol. The first-order valence-corrected chi connectivity index (χ1v) is 7.50. The fourth-order valence-electron chi connectivity index (χ4n) is 2.71. The van der Waals surface area contributed by atoms with Gasteiger partial charge >= 0.3 is 0 Å². The van der Waals surface area contributed by atoms with Gasteiger partial charge in [0.1, 0.15) is 5.75 Å². The Bertz CT molecular complexity index is 631. The highest BCUT2D eigenvalue weighted by atomic mass is 16.3.